The third kappa shape index (κ3) is 5.73. The lowest BCUT2D eigenvalue weighted by atomic mass is 9.98. The van der Waals surface area contributed by atoms with Crippen molar-refractivity contribution < 1.29 is 9.53 Å². The molecule has 2 rings (SSSR count). The molecule has 1 saturated carbocycles. The number of urea groups is 1. The minimum absolute atomic E-state index is 0.212. The molecule has 0 aromatic heterocycles. The van der Waals surface area contributed by atoms with Gasteiger partial charge in [-0.05, 0) is 30.5 Å². The fourth-order valence-corrected chi connectivity index (χ4v) is 2.57. The number of anilines is 1. The molecule has 0 heterocycles. The maximum atomic E-state index is 11.8. The number of nitrogens with one attached hydrogen (secondary N) is 2. The lowest BCUT2D eigenvalue weighted by molar-refractivity contribution is 0.0313. The third-order valence-corrected chi connectivity index (χ3v) is 3.71. The Labute approximate surface area is 126 Å². The molecule has 0 spiro atoms. The summed E-state index contributed by atoms with van der Waals surface area (Å²) in [6.07, 6.45) is 6.52. The van der Waals surface area contributed by atoms with Gasteiger partial charge in [0, 0.05) is 18.8 Å². The first kappa shape index (κ1) is 15.8. The Morgan fingerprint density at radius 2 is 2.10 bits per heavy atom. The Kier molecular flexibility index (Phi) is 6.50. The van der Waals surface area contributed by atoms with E-state index < -0.39 is 0 Å². The predicted octanol–water partition coefficient (Wildman–Crippen LogP) is 2.62. The van der Waals surface area contributed by atoms with E-state index in [1.165, 1.54) is 19.3 Å². The summed E-state index contributed by atoms with van der Waals surface area (Å²) in [5, 5.41) is 5.60. The van der Waals surface area contributed by atoms with E-state index in [0.717, 1.165) is 24.1 Å². The molecule has 1 aromatic carbocycles. The number of hydrogen-bond acceptors (Lipinski definition) is 3. The highest BCUT2D eigenvalue weighted by Gasteiger charge is 2.13. The molecule has 0 saturated heterocycles. The normalized spacial score (nSPS) is 15.7. The SMILES string of the molecule is NCc1cccc(NC(=O)NCCOC2CCCCC2)c1. The van der Waals surface area contributed by atoms with Crippen LogP contribution >= 0.6 is 0 Å². The van der Waals surface area contributed by atoms with E-state index >= 15 is 0 Å². The largest absolute Gasteiger partial charge is 0.376 e. The standard InChI is InChI=1S/C16H25N3O2/c17-12-13-5-4-6-14(11-13)19-16(20)18-9-10-21-15-7-2-1-3-8-15/h4-6,11,15H,1-3,7-10,12,17H2,(H2,18,19,20). The van der Waals surface area contributed by atoms with Crippen LogP contribution in [-0.4, -0.2) is 25.3 Å². The van der Waals surface area contributed by atoms with Gasteiger partial charge >= 0.3 is 6.03 Å². The summed E-state index contributed by atoms with van der Waals surface area (Å²) < 4.78 is 5.76. The predicted molar refractivity (Wildman–Crippen MR) is 84.2 cm³/mol. The van der Waals surface area contributed by atoms with Crippen molar-refractivity contribution in [3.8, 4) is 0 Å². The average Bonchev–Trinajstić information content (AvgIpc) is 2.53. The summed E-state index contributed by atoms with van der Waals surface area (Å²) in [5.41, 5.74) is 7.32. The monoisotopic (exact) mass is 291 g/mol. The Hall–Kier alpha value is -1.59. The number of nitrogens with two attached hydrogens (primary N) is 1. The minimum Gasteiger partial charge on any atom is -0.376 e. The van der Waals surface area contributed by atoms with Crippen LogP contribution < -0.4 is 16.4 Å². The maximum Gasteiger partial charge on any atom is 0.319 e. The topological polar surface area (TPSA) is 76.4 Å². The zero-order valence-corrected chi connectivity index (χ0v) is 12.4. The second-order valence-electron chi connectivity index (χ2n) is 5.42. The van der Waals surface area contributed by atoms with E-state index in [1.54, 1.807) is 0 Å². The first-order valence-corrected chi connectivity index (χ1v) is 7.73. The van der Waals surface area contributed by atoms with Crippen molar-refractivity contribution in [1.82, 2.24) is 5.32 Å². The van der Waals surface area contributed by atoms with Crippen molar-refractivity contribution in [2.45, 2.75) is 44.8 Å². The molecule has 0 unspecified atom stereocenters. The van der Waals surface area contributed by atoms with Gasteiger partial charge in [0.15, 0.2) is 0 Å². The van der Waals surface area contributed by atoms with Crippen molar-refractivity contribution >= 4 is 11.7 Å². The van der Waals surface area contributed by atoms with Crippen molar-refractivity contribution in [1.29, 1.82) is 0 Å². The van der Waals surface area contributed by atoms with Gasteiger partial charge in [0.05, 0.1) is 12.7 Å². The van der Waals surface area contributed by atoms with Gasteiger partial charge in [0.1, 0.15) is 0 Å². The van der Waals surface area contributed by atoms with Gasteiger partial charge in [-0.3, -0.25) is 0 Å². The summed E-state index contributed by atoms with van der Waals surface area (Å²) in [4.78, 5) is 11.8. The second kappa shape index (κ2) is 8.64. The van der Waals surface area contributed by atoms with E-state index in [1.807, 2.05) is 24.3 Å². The van der Waals surface area contributed by atoms with Crippen molar-refractivity contribution in [2.75, 3.05) is 18.5 Å². The molecule has 5 heteroatoms. The zero-order chi connectivity index (χ0) is 14.9. The summed E-state index contributed by atoms with van der Waals surface area (Å²) >= 11 is 0. The van der Waals surface area contributed by atoms with Crippen LogP contribution in [0.1, 0.15) is 37.7 Å². The molecule has 0 atom stereocenters. The van der Waals surface area contributed by atoms with Crippen LogP contribution in [0, 0.1) is 0 Å². The second-order valence-corrected chi connectivity index (χ2v) is 5.42. The van der Waals surface area contributed by atoms with Crippen molar-refractivity contribution in [3.05, 3.63) is 29.8 Å². The lowest BCUT2D eigenvalue weighted by Gasteiger charge is -2.22. The lowest BCUT2D eigenvalue weighted by Crippen LogP contribution is -2.32. The van der Waals surface area contributed by atoms with Crippen LogP contribution in [0.15, 0.2) is 24.3 Å². The van der Waals surface area contributed by atoms with Crippen LogP contribution in [0.5, 0.6) is 0 Å². The van der Waals surface area contributed by atoms with Crippen LogP contribution in [0.2, 0.25) is 0 Å². The van der Waals surface area contributed by atoms with Gasteiger partial charge in [0.2, 0.25) is 0 Å². The molecule has 21 heavy (non-hydrogen) atoms. The molecule has 1 aliphatic carbocycles. The molecule has 0 aliphatic heterocycles. The van der Waals surface area contributed by atoms with Crippen LogP contribution in [0.25, 0.3) is 0 Å². The summed E-state index contributed by atoms with van der Waals surface area (Å²) in [7, 11) is 0. The highest BCUT2D eigenvalue weighted by molar-refractivity contribution is 5.89. The molecular weight excluding hydrogens is 266 g/mol. The van der Waals surface area contributed by atoms with Crippen molar-refractivity contribution in [2.24, 2.45) is 5.73 Å². The van der Waals surface area contributed by atoms with Gasteiger partial charge in [-0.25, -0.2) is 4.79 Å². The molecular formula is C16H25N3O2. The van der Waals surface area contributed by atoms with Crippen LogP contribution in [0.4, 0.5) is 10.5 Å². The molecule has 2 amide bonds. The number of amides is 2. The van der Waals surface area contributed by atoms with Gasteiger partial charge in [-0.2, -0.15) is 0 Å². The van der Waals surface area contributed by atoms with Gasteiger partial charge in [-0.15, -0.1) is 0 Å². The fourth-order valence-electron chi connectivity index (χ4n) is 2.57. The molecule has 0 radical (unpaired) electrons. The minimum atomic E-state index is -0.212. The van der Waals surface area contributed by atoms with E-state index in [2.05, 4.69) is 10.6 Å². The highest BCUT2D eigenvalue weighted by Crippen LogP contribution is 2.19. The van der Waals surface area contributed by atoms with E-state index in [4.69, 9.17) is 10.5 Å². The Morgan fingerprint density at radius 3 is 2.86 bits per heavy atom. The highest BCUT2D eigenvalue weighted by atomic mass is 16.5. The average molecular weight is 291 g/mol. The number of benzene rings is 1. The van der Waals surface area contributed by atoms with Gasteiger partial charge in [-0.1, -0.05) is 31.4 Å². The number of ether oxygens (including phenoxy) is 1. The first-order valence-electron chi connectivity index (χ1n) is 7.73. The Balaban J connectivity index is 1.62. The Morgan fingerprint density at radius 1 is 1.29 bits per heavy atom. The molecule has 1 fully saturated rings. The Bertz CT molecular complexity index is 445. The van der Waals surface area contributed by atoms with Crippen LogP contribution in [-0.2, 0) is 11.3 Å². The molecule has 0 bridgehead atoms. The van der Waals surface area contributed by atoms with E-state index in [0.29, 0.717) is 25.8 Å². The third-order valence-electron chi connectivity index (χ3n) is 3.71. The molecule has 5 nitrogen and oxygen atoms in total. The number of hydrogen-bond donors (Lipinski definition) is 3. The zero-order valence-electron chi connectivity index (χ0n) is 12.4. The smallest absolute Gasteiger partial charge is 0.319 e. The molecule has 116 valence electrons. The van der Waals surface area contributed by atoms with Gasteiger partial charge < -0.3 is 21.1 Å². The molecule has 1 aromatic rings. The van der Waals surface area contributed by atoms with Gasteiger partial charge in [0.25, 0.3) is 0 Å². The quantitative estimate of drug-likeness (QED) is 0.705. The summed E-state index contributed by atoms with van der Waals surface area (Å²) in [6.45, 7) is 1.56. The fraction of sp³-hybridized carbons (Fsp3) is 0.562. The number of carbonyl (C=O) groups excluding carboxylic acids is 1. The summed E-state index contributed by atoms with van der Waals surface area (Å²) in [6, 6.07) is 7.32. The number of rotatable bonds is 6. The number of carbonyl (C=O) groups is 1. The van der Waals surface area contributed by atoms with E-state index in [-0.39, 0.29) is 6.03 Å². The molecule has 1 aliphatic rings. The van der Waals surface area contributed by atoms with Crippen LogP contribution in [0.3, 0.4) is 0 Å². The summed E-state index contributed by atoms with van der Waals surface area (Å²) in [5.74, 6) is 0. The molecule has 4 N–H and O–H groups in total. The first-order chi connectivity index (χ1) is 10.3. The van der Waals surface area contributed by atoms with E-state index in [9.17, 15) is 4.79 Å². The van der Waals surface area contributed by atoms with Crippen molar-refractivity contribution in [3.63, 3.8) is 0 Å². The maximum absolute atomic E-state index is 11.8.